The molecule has 1 aliphatic heterocycles. The minimum atomic E-state index is -1.06. The maximum Gasteiger partial charge on any atom is 0.328 e. The predicted octanol–water partition coefficient (Wildman–Crippen LogP) is 0.514. The van der Waals surface area contributed by atoms with Gasteiger partial charge in [0.05, 0.1) is 25.0 Å². The number of rotatable bonds is 2. The van der Waals surface area contributed by atoms with E-state index in [0.29, 0.717) is 17.9 Å². The lowest BCUT2D eigenvalue weighted by Crippen LogP contribution is -2.52. The summed E-state index contributed by atoms with van der Waals surface area (Å²) in [5.41, 5.74) is 0.401. The zero-order chi connectivity index (χ0) is 12.4. The normalized spacial score (nSPS) is 20.3. The molecule has 0 bridgehead atoms. The number of furan rings is 1. The summed E-state index contributed by atoms with van der Waals surface area (Å²) in [7, 11) is 0. The third-order valence-electron chi connectivity index (χ3n) is 2.76. The van der Waals surface area contributed by atoms with Crippen LogP contribution in [0.2, 0.25) is 0 Å². The molecule has 1 saturated heterocycles. The fourth-order valence-electron chi connectivity index (χ4n) is 1.81. The van der Waals surface area contributed by atoms with Gasteiger partial charge in [-0.1, -0.05) is 0 Å². The summed E-state index contributed by atoms with van der Waals surface area (Å²) in [6, 6.07) is 0.622. The number of carboxylic acids is 1. The van der Waals surface area contributed by atoms with E-state index >= 15 is 0 Å². The number of nitrogens with zero attached hydrogens (tertiary/aromatic N) is 1. The summed E-state index contributed by atoms with van der Waals surface area (Å²) in [6.07, 6.45) is 1.42. The molecule has 0 radical (unpaired) electrons. The van der Waals surface area contributed by atoms with Gasteiger partial charge < -0.3 is 19.2 Å². The average Bonchev–Trinajstić information content (AvgIpc) is 2.74. The molecule has 1 aromatic heterocycles. The third kappa shape index (κ3) is 2.16. The lowest BCUT2D eigenvalue weighted by molar-refractivity contribution is -0.147. The Morgan fingerprint density at radius 1 is 1.53 bits per heavy atom. The molecule has 2 heterocycles. The van der Waals surface area contributed by atoms with E-state index in [4.69, 9.17) is 14.3 Å². The molecule has 1 aromatic rings. The van der Waals surface area contributed by atoms with Gasteiger partial charge >= 0.3 is 5.97 Å². The van der Waals surface area contributed by atoms with Crippen LogP contribution in [-0.4, -0.2) is 47.7 Å². The highest BCUT2D eigenvalue weighted by Crippen LogP contribution is 2.16. The molecule has 1 amide bonds. The van der Waals surface area contributed by atoms with Crippen molar-refractivity contribution in [2.45, 2.75) is 13.0 Å². The Bertz CT molecular complexity index is 439. The maximum atomic E-state index is 12.1. The van der Waals surface area contributed by atoms with Gasteiger partial charge in [0.2, 0.25) is 0 Å². The second-order valence-electron chi connectivity index (χ2n) is 3.82. The summed E-state index contributed by atoms with van der Waals surface area (Å²) in [6.45, 7) is 2.33. The zero-order valence-electron chi connectivity index (χ0n) is 9.38. The standard InChI is InChI=1S/C11H13NO5/c1-7-8(2-4-17-7)10(13)12-3-5-16-6-9(12)11(14)15/h2,4,9H,3,5-6H2,1H3,(H,14,15)/t9-/m0/s1. The first-order valence-corrected chi connectivity index (χ1v) is 5.27. The fraction of sp³-hybridized carbons (Fsp3) is 0.455. The maximum absolute atomic E-state index is 12.1. The van der Waals surface area contributed by atoms with Gasteiger partial charge in [-0.05, 0) is 13.0 Å². The second kappa shape index (κ2) is 4.58. The number of carbonyl (C=O) groups excluding carboxylic acids is 1. The van der Waals surface area contributed by atoms with Gasteiger partial charge in [-0.25, -0.2) is 4.79 Å². The van der Waals surface area contributed by atoms with E-state index in [1.807, 2.05) is 0 Å². The lowest BCUT2D eigenvalue weighted by atomic mass is 10.1. The summed E-state index contributed by atoms with van der Waals surface area (Å²) in [5.74, 6) is -0.892. The molecule has 6 heteroatoms. The molecule has 1 atom stereocenters. The molecule has 0 saturated carbocycles. The van der Waals surface area contributed by atoms with Crippen LogP contribution in [0.3, 0.4) is 0 Å². The predicted molar refractivity (Wildman–Crippen MR) is 56.7 cm³/mol. The summed E-state index contributed by atoms with van der Waals surface area (Å²) in [5, 5.41) is 9.03. The van der Waals surface area contributed by atoms with Crippen molar-refractivity contribution in [3.8, 4) is 0 Å². The highest BCUT2D eigenvalue weighted by molar-refractivity contribution is 5.97. The zero-order valence-corrected chi connectivity index (χ0v) is 9.38. The molecule has 1 aliphatic rings. The molecular formula is C11H13NO5. The molecule has 17 heavy (non-hydrogen) atoms. The molecule has 1 N–H and O–H groups in total. The van der Waals surface area contributed by atoms with Crippen LogP contribution < -0.4 is 0 Å². The lowest BCUT2D eigenvalue weighted by Gasteiger charge is -2.32. The summed E-state index contributed by atoms with van der Waals surface area (Å²) >= 11 is 0. The van der Waals surface area contributed by atoms with Crippen LogP contribution in [0.1, 0.15) is 16.1 Å². The molecule has 92 valence electrons. The Balaban J connectivity index is 2.23. The minimum absolute atomic E-state index is 0.0258. The average molecular weight is 239 g/mol. The van der Waals surface area contributed by atoms with E-state index < -0.39 is 12.0 Å². The Labute approximate surface area is 97.8 Å². The van der Waals surface area contributed by atoms with Gasteiger partial charge in [0.15, 0.2) is 6.04 Å². The Morgan fingerprint density at radius 2 is 2.29 bits per heavy atom. The van der Waals surface area contributed by atoms with Crippen molar-refractivity contribution in [2.75, 3.05) is 19.8 Å². The molecule has 6 nitrogen and oxygen atoms in total. The van der Waals surface area contributed by atoms with Crippen LogP contribution in [0, 0.1) is 6.92 Å². The van der Waals surface area contributed by atoms with E-state index in [1.54, 1.807) is 13.0 Å². The molecule has 2 rings (SSSR count). The largest absolute Gasteiger partial charge is 0.480 e. The van der Waals surface area contributed by atoms with Gasteiger partial charge in [-0.15, -0.1) is 0 Å². The molecule has 0 aromatic carbocycles. The molecular weight excluding hydrogens is 226 g/mol. The number of aliphatic carboxylic acids is 1. The molecule has 0 unspecified atom stereocenters. The number of ether oxygens (including phenoxy) is 1. The SMILES string of the molecule is Cc1occc1C(=O)N1CCOC[C@H]1C(=O)O. The van der Waals surface area contributed by atoms with E-state index in [9.17, 15) is 9.59 Å². The van der Waals surface area contributed by atoms with Gasteiger partial charge in [0.1, 0.15) is 5.76 Å². The number of carbonyl (C=O) groups is 2. The monoisotopic (exact) mass is 239 g/mol. The number of hydrogen-bond acceptors (Lipinski definition) is 4. The van der Waals surface area contributed by atoms with Crippen LogP contribution in [-0.2, 0) is 9.53 Å². The number of aryl methyl sites for hydroxylation is 1. The van der Waals surface area contributed by atoms with E-state index in [1.165, 1.54) is 11.2 Å². The summed E-state index contributed by atoms with van der Waals surface area (Å²) < 4.78 is 10.1. The summed E-state index contributed by atoms with van der Waals surface area (Å²) in [4.78, 5) is 24.5. The number of hydrogen-bond donors (Lipinski definition) is 1. The first-order chi connectivity index (χ1) is 8.11. The third-order valence-corrected chi connectivity index (χ3v) is 2.76. The van der Waals surface area contributed by atoms with E-state index in [-0.39, 0.29) is 19.1 Å². The van der Waals surface area contributed by atoms with Crippen molar-refractivity contribution in [1.29, 1.82) is 0 Å². The van der Waals surface area contributed by atoms with Crippen molar-refractivity contribution in [2.24, 2.45) is 0 Å². The molecule has 0 aliphatic carbocycles. The Morgan fingerprint density at radius 3 is 2.88 bits per heavy atom. The second-order valence-corrected chi connectivity index (χ2v) is 3.82. The topological polar surface area (TPSA) is 80.0 Å². The smallest absolute Gasteiger partial charge is 0.328 e. The van der Waals surface area contributed by atoms with Crippen molar-refractivity contribution >= 4 is 11.9 Å². The van der Waals surface area contributed by atoms with Gasteiger partial charge in [0, 0.05) is 6.54 Å². The quantitative estimate of drug-likeness (QED) is 0.813. The molecule has 1 fully saturated rings. The van der Waals surface area contributed by atoms with Crippen molar-refractivity contribution in [3.05, 3.63) is 23.7 Å². The van der Waals surface area contributed by atoms with Crippen molar-refractivity contribution < 1.29 is 23.8 Å². The van der Waals surface area contributed by atoms with Crippen LogP contribution in [0.4, 0.5) is 0 Å². The van der Waals surface area contributed by atoms with Gasteiger partial charge in [-0.3, -0.25) is 4.79 Å². The highest BCUT2D eigenvalue weighted by atomic mass is 16.5. The van der Waals surface area contributed by atoms with Crippen LogP contribution in [0.5, 0.6) is 0 Å². The highest BCUT2D eigenvalue weighted by Gasteiger charge is 2.34. The van der Waals surface area contributed by atoms with E-state index in [0.717, 1.165) is 0 Å². The Hall–Kier alpha value is -1.82. The first-order valence-electron chi connectivity index (χ1n) is 5.27. The van der Waals surface area contributed by atoms with Crippen LogP contribution in [0.25, 0.3) is 0 Å². The first kappa shape index (κ1) is 11.7. The Kier molecular flexibility index (Phi) is 3.14. The fourth-order valence-corrected chi connectivity index (χ4v) is 1.81. The van der Waals surface area contributed by atoms with Crippen molar-refractivity contribution in [3.63, 3.8) is 0 Å². The van der Waals surface area contributed by atoms with Crippen LogP contribution in [0.15, 0.2) is 16.7 Å². The molecule has 0 spiro atoms. The number of morpholine rings is 1. The van der Waals surface area contributed by atoms with E-state index in [2.05, 4.69) is 0 Å². The van der Waals surface area contributed by atoms with Crippen LogP contribution >= 0.6 is 0 Å². The number of amides is 1. The minimum Gasteiger partial charge on any atom is -0.480 e. The van der Waals surface area contributed by atoms with Gasteiger partial charge in [0.25, 0.3) is 5.91 Å². The van der Waals surface area contributed by atoms with Gasteiger partial charge in [-0.2, -0.15) is 0 Å². The van der Waals surface area contributed by atoms with Crippen molar-refractivity contribution in [1.82, 2.24) is 4.90 Å². The number of carboxylic acid groups (broad SMARTS) is 1.